The average Bonchev–Trinajstić information content (AvgIpc) is 2.34. The van der Waals surface area contributed by atoms with Gasteiger partial charge in [-0.3, -0.25) is 4.79 Å². The lowest BCUT2D eigenvalue weighted by atomic mass is 10.1. The van der Waals surface area contributed by atoms with E-state index in [0.717, 1.165) is 0 Å². The van der Waals surface area contributed by atoms with Gasteiger partial charge in [0.25, 0.3) is 5.56 Å². The van der Waals surface area contributed by atoms with Crippen molar-refractivity contribution >= 4 is 35.1 Å². The molecule has 0 aliphatic carbocycles. The Balaban J connectivity index is 3.02. The molecule has 3 nitrogen and oxygen atoms in total. The van der Waals surface area contributed by atoms with Gasteiger partial charge in [-0.25, -0.2) is 4.98 Å². The highest BCUT2D eigenvalue weighted by molar-refractivity contribution is 7.17. The van der Waals surface area contributed by atoms with Gasteiger partial charge < -0.3 is 4.98 Å². The molecule has 0 saturated heterocycles. The smallest absolute Gasteiger partial charge is 0.268 e. The maximum atomic E-state index is 11.1. The molecular formula is C6H3BN2OS. The lowest BCUT2D eigenvalue weighted by Crippen LogP contribution is -2.22. The van der Waals surface area contributed by atoms with Crippen molar-refractivity contribution in [3.05, 3.63) is 21.8 Å². The molecule has 11 heavy (non-hydrogen) atoms. The van der Waals surface area contributed by atoms with Crippen LogP contribution in [0.3, 0.4) is 0 Å². The fraction of sp³-hybridized carbons (Fsp3) is 0. The van der Waals surface area contributed by atoms with Crippen LogP contribution in [-0.2, 0) is 0 Å². The summed E-state index contributed by atoms with van der Waals surface area (Å²) in [5.74, 6) is 0. The summed E-state index contributed by atoms with van der Waals surface area (Å²) in [4.78, 5) is 17.4. The largest absolute Gasteiger partial charge is 0.319 e. The van der Waals surface area contributed by atoms with Crippen LogP contribution in [0.15, 0.2) is 16.2 Å². The van der Waals surface area contributed by atoms with E-state index in [4.69, 9.17) is 7.85 Å². The van der Waals surface area contributed by atoms with Crippen molar-refractivity contribution in [2.24, 2.45) is 0 Å². The minimum Gasteiger partial charge on any atom is -0.319 e. The molecule has 0 unspecified atom stereocenters. The van der Waals surface area contributed by atoms with E-state index in [2.05, 4.69) is 9.97 Å². The van der Waals surface area contributed by atoms with Crippen molar-refractivity contribution in [3.8, 4) is 0 Å². The number of aromatic nitrogens is 2. The summed E-state index contributed by atoms with van der Waals surface area (Å²) < 4.78 is 0.624. The fourth-order valence-corrected chi connectivity index (χ4v) is 1.62. The number of nitrogens with zero attached hydrogens (tertiary/aromatic N) is 1. The lowest BCUT2D eigenvalue weighted by molar-refractivity contribution is 1.25. The molecule has 52 valence electrons. The van der Waals surface area contributed by atoms with Crippen LogP contribution in [0.25, 0.3) is 10.2 Å². The first-order valence-electron chi connectivity index (χ1n) is 3.00. The Morgan fingerprint density at radius 3 is 3.27 bits per heavy atom. The van der Waals surface area contributed by atoms with Crippen LogP contribution in [0.4, 0.5) is 0 Å². The zero-order valence-electron chi connectivity index (χ0n) is 5.50. The Hall–Kier alpha value is -1.10. The molecule has 0 spiro atoms. The fourth-order valence-electron chi connectivity index (χ4n) is 0.891. The molecule has 1 N–H and O–H groups in total. The van der Waals surface area contributed by atoms with Gasteiger partial charge in [0.15, 0.2) is 7.85 Å². The van der Waals surface area contributed by atoms with Gasteiger partial charge in [0.2, 0.25) is 0 Å². The first-order chi connectivity index (χ1) is 5.27. The minimum atomic E-state index is -0.164. The summed E-state index contributed by atoms with van der Waals surface area (Å²) in [6, 6.07) is 1.77. The molecule has 2 radical (unpaired) electrons. The monoisotopic (exact) mass is 162 g/mol. The lowest BCUT2D eigenvalue weighted by Gasteiger charge is -1.90. The molecule has 0 saturated carbocycles. The summed E-state index contributed by atoms with van der Waals surface area (Å²) in [6.07, 6.45) is 0. The highest BCUT2D eigenvalue weighted by Crippen LogP contribution is 2.11. The van der Waals surface area contributed by atoms with E-state index in [1.54, 1.807) is 6.07 Å². The number of hydrogen-bond acceptors (Lipinski definition) is 3. The number of aromatic amines is 1. The van der Waals surface area contributed by atoms with E-state index in [-0.39, 0.29) is 11.3 Å². The van der Waals surface area contributed by atoms with Crippen molar-refractivity contribution in [2.45, 2.75) is 0 Å². The molecule has 2 aromatic heterocycles. The predicted molar refractivity (Wildman–Crippen MR) is 45.6 cm³/mol. The number of fused-ring (bicyclic) bond motifs is 1. The van der Waals surface area contributed by atoms with Gasteiger partial charge in [0.1, 0.15) is 4.70 Å². The van der Waals surface area contributed by atoms with E-state index in [1.165, 1.54) is 11.3 Å². The normalized spacial score (nSPS) is 10.5. The summed E-state index contributed by atoms with van der Waals surface area (Å²) >= 11 is 1.36. The highest BCUT2D eigenvalue weighted by atomic mass is 32.1. The van der Waals surface area contributed by atoms with E-state index in [1.807, 2.05) is 5.38 Å². The second-order valence-electron chi connectivity index (χ2n) is 2.09. The number of rotatable bonds is 0. The van der Waals surface area contributed by atoms with Crippen LogP contribution in [-0.4, -0.2) is 17.8 Å². The van der Waals surface area contributed by atoms with E-state index in [0.29, 0.717) is 10.2 Å². The summed E-state index contributed by atoms with van der Waals surface area (Å²) in [6.45, 7) is 0. The van der Waals surface area contributed by atoms with Gasteiger partial charge in [-0.15, -0.1) is 11.3 Å². The Morgan fingerprint density at radius 2 is 2.45 bits per heavy atom. The third-order valence-corrected chi connectivity index (χ3v) is 2.24. The van der Waals surface area contributed by atoms with Crippen LogP contribution < -0.4 is 11.3 Å². The van der Waals surface area contributed by atoms with Crippen molar-refractivity contribution < 1.29 is 0 Å². The summed E-state index contributed by atoms with van der Waals surface area (Å²) in [5, 5.41) is 1.81. The van der Waals surface area contributed by atoms with E-state index in [9.17, 15) is 4.79 Å². The van der Waals surface area contributed by atoms with Crippen molar-refractivity contribution in [3.63, 3.8) is 0 Å². The molecule has 0 atom stereocenters. The molecule has 0 amide bonds. The van der Waals surface area contributed by atoms with E-state index < -0.39 is 0 Å². The molecule has 2 heterocycles. The van der Waals surface area contributed by atoms with Crippen molar-refractivity contribution in [1.82, 2.24) is 9.97 Å². The maximum Gasteiger partial charge on any atom is 0.268 e. The molecule has 0 fully saturated rings. The first-order valence-corrected chi connectivity index (χ1v) is 3.88. The zero-order chi connectivity index (χ0) is 7.84. The Labute approximate surface area is 67.5 Å². The SMILES string of the molecule is [B]c1nc2ccsc2c(=O)[nH]1. The molecule has 2 aromatic rings. The summed E-state index contributed by atoms with van der Waals surface area (Å²) in [7, 11) is 5.32. The third kappa shape index (κ3) is 0.972. The van der Waals surface area contributed by atoms with Crippen LogP contribution in [0.2, 0.25) is 0 Å². The van der Waals surface area contributed by atoms with Gasteiger partial charge in [0, 0.05) is 0 Å². The Morgan fingerprint density at radius 1 is 1.64 bits per heavy atom. The van der Waals surface area contributed by atoms with Crippen molar-refractivity contribution in [2.75, 3.05) is 0 Å². The Bertz CT molecular complexity index is 447. The zero-order valence-corrected chi connectivity index (χ0v) is 6.31. The van der Waals surface area contributed by atoms with Gasteiger partial charge in [-0.1, -0.05) is 0 Å². The van der Waals surface area contributed by atoms with Crippen LogP contribution >= 0.6 is 11.3 Å². The highest BCUT2D eigenvalue weighted by Gasteiger charge is 2.00. The van der Waals surface area contributed by atoms with E-state index >= 15 is 0 Å². The quantitative estimate of drug-likeness (QED) is 0.544. The second kappa shape index (κ2) is 2.20. The Kier molecular flexibility index (Phi) is 1.32. The molecule has 0 bridgehead atoms. The second-order valence-corrected chi connectivity index (χ2v) is 3.00. The molecule has 5 heteroatoms. The predicted octanol–water partition coefficient (Wildman–Crippen LogP) is -0.222. The molecule has 2 rings (SSSR count). The number of nitrogens with one attached hydrogen (secondary N) is 1. The van der Waals surface area contributed by atoms with Crippen LogP contribution in [0.1, 0.15) is 0 Å². The minimum absolute atomic E-state index is 0.164. The maximum absolute atomic E-state index is 11.1. The van der Waals surface area contributed by atoms with Gasteiger partial charge >= 0.3 is 0 Å². The van der Waals surface area contributed by atoms with Crippen LogP contribution in [0.5, 0.6) is 0 Å². The molecule has 0 aromatic carbocycles. The molecular weight excluding hydrogens is 159 g/mol. The third-order valence-electron chi connectivity index (χ3n) is 1.33. The number of thiophene rings is 1. The molecule has 0 aliphatic heterocycles. The van der Waals surface area contributed by atoms with Crippen molar-refractivity contribution in [1.29, 1.82) is 0 Å². The van der Waals surface area contributed by atoms with Gasteiger partial charge in [0.05, 0.1) is 11.2 Å². The summed E-state index contributed by atoms with van der Waals surface area (Å²) in [5.41, 5.74) is 0.666. The topological polar surface area (TPSA) is 45.8 Å². The first kappa shape index (κ1) is 6.60. The number of hydrogen-bond donors (Lipinski definition) is 1. The van der Waals surface area contributed by atoms with Gasteiger partial charge in [-0.2, -0.15) is 0 Å². The van der Waals surface area contributed by atoms with Crippen LogP contribution in [0, 0.1) is 0 Å². The van der Waals surface area contributed by atoms with Gasteiger partial charge in [-0.05, 0) is 11.4 Å². The average molecular weight is 162 g/mol. The molecule has 0 aliphatic rings. The number of H-pyrrole nitrogens is 1. The standard InChI is InChI=1S/C6H3BN2OS/c7-6-8-3-1-2-11-4(3)5(10)9-6/h1-2H,(H,8,9,10).